The van der Waals surface area contributed by atoms with Crippen molar-refractivity contribution in [2.45, 2.75) is 12.8 Å². The highest BCUT2D eigenvalue weighted by Gasteiger charge is 2.24. The third-order valence-corrected chi connectivity index (χ3v) is 4.86. The molecule has 0 atom stereocenters. The Balaban J connectivity index is 1.38. The van der Waals surface area contributed by atoms with Crippen molar-refractivity contribution in [3.8, 4) is 11.5 Å². The first kappa shape index (κ1) is 19.8. The van der Waals surface area contributed by atoms with Crippen LogP contribution < -0.4 is 20.3 Å². The van der Waals surface area contributed by atoms with E-state index >= 15 is 0 Å². The Morgan fingerprint density at radius 1 is 0.933 bits per heavy atom. The van der Waals surface area contributed by atoms with Crippen molar-refractivity contribution in [1.82, 2.24) is 0 Å². The molecular weight excluding hydrogens is 401 g/mol. The lowest BCUT2D eigenvalue weighted by Crippen LogP contribution is -2.25. The summed E-state index contributed by atoms with van der Waals surface area (Å²) in [5, 5.41) is 6.48. The first-order chi connectivity index (χ1) is 14.6. The summed E-state index contributed by atoms with van der Waals surface area (Å²) in [5.74, 6) is 0.983. The van der Waals surface area contributed by atoms with E-state index in [-0.39, 0.29) is 11.6 Å². The number of thiocarbonyl (C=S) groups is 1. The zero-order valence-electron chi connectivity index (χ0n) is 16.1. The van der Waals surface area contributed by atoms with Gasteiger partial charge in [-0.15, -0.1) is 0 Å². The lowest BCUT2D eigenvalue weighted by Gasteiger charge is -2.18. The lowest BCUT2D eigenvalue weighted by molar-refractivity contribution is -0.117. The number of halogens is 1. The van der Waals surface area contributed by atoms with Gasteiger partial charge in [-0.3, -0.25) is 4.79 Å². The molecule has 3 aromatic carbocycles. The minimum Gasteiger partial charge on any atom is -0.457 e. The number of amides is 1. The topological polar surface area (TPSA) is 53.6 Å². The van der Waals surface area contributed by atoms with Gasteiger partial charge in [-0.25, -0.2) is 4.39 Å². The molecule has 3 aromatic rings. The maximum atomic E-state index is 14.2. The summed E-state index contributed by atoms with van der Waals surface area (Å²) in [5.41, 5.74) is 1.66. The van der Waals surface area contributed by atoms with Gasteiger partial charge in [0.1, 0.15) is 17.3 Å². The van der Waals surface area contributed by atoms with E-state index in [2.05, 4.69) is 10.6 Å². The number of carbonyl (C=O) groups excluding carboxylic acids is 1. The fraction of sp³-hybridized carbons (Fsp3) is 0.130. The van der Waals surface area contributed by atoms with Crippen LogP contribution in [0.5, 0.6) is 11.5 Å². The molecule has 30 heavy (non-hydrogen) atoms. The predicted molar refractivity (Wildman–Crippen MR) is 121 cm³/mol. The van der Waals surface area contributed by atoms with Gasteiger partial charge in [0.05, 0.1) is 5.69 Å². The highest BCUT2D eigenvalue weighted by Crippen LogP contribution is 2.28. The van der Waals surface area contributed by atoms with E-state index in [0.717, 1.165) is 17.9 Å². The Morgan fingerprint density at radius 2 is 1.60 bits per heavy atom. The van der Waals surface area contributed by atoms with Crippen molar-refractivity contribution in [2.24, 2.45) is 0 Å². The van der Waals surface area contributed by atoms with Gasteiger partial charge >= 0.3 is 0 Å². The molecule has 1 fully saturated rings. The summed E-state index contributed by atoms with van der Waals surface area (Å²) in [7, 11) is 0. The number of ether oxygens (including phenoxy) is 1. The molecule has 0 radical (unpaired) electrons. The number of nitrogens with one attached hydrogen (secondary N) is 2. The normalized spacial score (nSPS) is 13.2. The van der Waals surface area contributed by atoms with E-state index in [9.17, 15) is 9.18 Å². The van der Waals surface area contributed by atoms with Crippen LogP contribution in [0.3, 0.4) is 0 Å². The number of anilines is 3. The Kier molecular flexibility index (Phi) is 5.90. The first-order valence-corrected chi connectivity index (χ1v) is 10.0. The van der Waals surface area contributed by atoms with Crippen LogP contribution in [0.1, 0.15) is 12.8 Å². The average molecular weight is 421 g/mol. The number of hydrogen-bond acceptors (Lipinski definition) is 3. The van der Waals surface area contributed by atoms with Gasteiger partial charge < -0.3 is 20.3 Å². The van der Waals surface area contributed by atoms with Crippen LogP contribution in [0.2, 0.25) is 0 Å². The van der Waals surface area contributed by atoms with Crippen LogP contribution in [-0.4, -0.2) is 17.6 Å². The lowest BCUT2D eigenvalue weighted by atomic mass is 10.2. The molecule has 2 N–H and O–H groups in total. The van der Waals surface area contributed by atoms with Crippen LogP contribution in [0.25, 0.3) is 0 Å². The van der Waals surface area contributed by atoms with E-state index < -0.39 is 5.82 Å². The second-order valence-corrected chi connectivity index (χ2v) is 7.24. The maximum absolute atomic E-state index is 14.2. The standard InChI is InChI=1S/C23H20FN3O2S/c24-20-13-10-17(15-21(20)27-14-4-7-22(27)28)26-23(30)25-16-8-11-19(12-9-16)29-18-5-2-1-3-6-18/h1-3,5-6,8-13,15H,4,7,14H2,(H2,25,26,30). The van der Waals surface area contributed by atoms with Crippen LogP contribution in [0, 0.1) is 5.82 Å². The Labute approximate surface area is 179 Å². The summed E-state index contributed by atoms with van der Waals surface area (Å²) in [6.07, 6.45) is 1.18. The molecule has 1 heterocycles. The van der Waals surface area contributed by atoms with Gasteiger partial charge in [0, 0.05) is 24.3 Å². The molecule has 0 bridgehead atoms. The first-order valence-electron chi connectivity index (χ1n) is 9.59. The summed E-state index contributed by atoms with van der Waals surface area (Å²) in [4.78, 5) is 13.4. The van der Waals surface area contributed by atoms with Gasteiger partial charge in [0.2, 0.25) is 5.91 Å². The largest absolute Gasteiger partial charge is 0.457 e. The molecule has 1 aliphatic rings. The zero-order valence-corrected chi connectivity index (χ0v) is 16.9. The van der Waals surface area contributed by atoms with Crippen molar-refractivity contribution in [3.05, 3.63) is 78.6 Å². The van der Waals surface area contributed by atoms with Crippen molar-refractivity contribution in [1.29, 1.82) is 0 Å². The van der Waals surface area contributed by atoms with Crippen molar-refractivity contribution < 1.29 is 13.9 Å². The highest BCUT2D eigenvalue weighted by atomic mass is 32.1. The van der Waals surface area contributed by atoms with Gasteiger partial charge in [0.25, 0.3) is 0 Å². The highest BCUT2D eigenvalue weighted by molar-refractivity contribution is 7.80. The number of benzene rings is 3. The van der Waals surface area contributed by atoms with E-state index in [1.165, 1.54) is 11.0 Å². The molecule has 1 amide bonds. The maximum Gasteiger partial charge on any atom is 0.227 e. The third-order valence-electron chi connectivity index (χ3n) is 4.66. The fourth-order valence-electron chi connectivity index (χ4n) is 3.22. The van der Waals surface area contributed by atoms with Crippen molar-refractivity contribution in [3.63, 3.8) is 0 Å². The smallest absolute Gasteiger partial charge is 0.227 e. The average Bonchev–Trinajstić information content (AvgIpc) is 3.17. The van der Waals surface area contributed by atoms with Gasteiger partial charge in [-0.05, 0) is 73.2 Å². The molecule has 152 valence electrons. The molecular formula is C23H20FN3O2S. The van der Waals surface area contributed by atoms with E-state index in [4.69, 9.17) is 17.0 Å². The second-order valence-electron chi connectivity index (χ2n) is 6.83. The molecule has 1 saturated heterocycles. The SMILES string of the molecule is O=C1CCCN1c1cc(NC(=S)Nc2ccc(Oc3ccccc3)cc2)ccc1F. The minimum absolute atomic E-state index is 0.0652. The fourth-order valence-corrected chi connectivity index (χ4v) is 3.46. The van der Waals surface area contributed by atoms with E-state index in [1.807, 2.05) is 54.6 Å². The number of nitrogens with zero attached hydrogens (tertiary/aromatic N) is 1. The van der Waals surface area contributed by atoms with Crippen LogP contribution >= 0.6 is 12.2 Å². The number of rotatable bonds is 5. The van der Waals surface area contributed by atoms with E-state index in [1.54, 1.807) is 12.1 Å². The Bertz CT molecular complexity index is 1060. The Hall–Kier alpha value is -3.45. The summed E-state index contributed by atoms with van der Waals surface area (Å²) >= 11 is 5.36. The molecule has 0 aliphatic carbocycles. The molecule has 7 heteroatoms. The van der Waals surface area contributed by atoms with Gasteiger partial charge in [0.15, 0.2) is 5.11 Å². The van der Waals surface area contributed by atoms with Crippen LogP contribution in [0.4, 0.5) is 21.5 Å². The number of hydrogen-bond donors (Lipinski definition) is 2. The molecule has 0 saturated carbocycles. The van der Waals surface area contributed by atoms with Crippen molar-refractivity contribution >= 4 is 40.3 Å². The van der Waals surface area contributed by atoms with Gasteiger partial charge in [-0.2, -0.15) is 0 Å². The summed E-state index contributed by atoms with van der Waals surface area (Å²) in [6, 6.07) is 21.4. The predicted octanol–water partition coefficient (Wildman–Crippen LogP) is 5.55. The third kappa shape index (κ3) is 4.75. The molecule has 1 aliphatic heterocycles. The second kappa shape index (κ2) is 8.92. The zero-order chi connectivity index (χ0) is 20.9. The molecule has 0 aromatic heterocycles. The molecule has 0 spiro atoms. The molecule has 4 rings (SSSR count). The van der Waals surface area contributed by atoms with Gasteiger partial charge in [-0.1, -0.05) is 18.2 Å². The quantitative estimate of drug-likeness (QED) is 0.529. The summed E-state index contributed by atoms with van der Waals surface area (Å²) in [6.45, 7) is 0.527. The monoisotopic (exact) mass is 421 g/mol. The number of carbonyl (C=O) groups is 1. The minimum atomic E-state index is -0.427. The number of para-hydroxylation sites is 1. The van der Waals surface area contributed by atoms with E-state index in [0.29, 0.717) is 29.5 Å². The van der Waals surface area contributed by atoms with Crippen LogP contribution in [0.15, 0.2) is 72.8 Å². The van der Waals surface area contributed by atoms with Crippen LogP contribution in [-0.2, 0) is 4.79 Å². The Morgan fingerprint density at radius 3 is 2.30 bits per heavy atom. The summed E-state index contributed by atoms with van der Waals surface area (Å²) < 4.78 is 20.0. The van der Waals surface area contributed by atoms with Crippen molar-refractivity contribution in [2.75, 3.05) is 22.1 Å². The molecule has 0 unspecified atom stereocenters. The molecule has 5 nitrogen and oxygen atoms in total.